The Morgan fingerprint density at radius 2 is 2.05 bits per heavy atom. The quantitative estimate of drug-likeness (QED) is 0.778. The van der Waals surface area contributed by atoms with E-state index in [1.165, 1.54) is 5.56 Å². The van der Waals surface area contributed by atoms with Crippen LogP contribution in [0.3, 0.4) is 0 Å². The number of para-hydroxylation sites is 1. The van der Waals surface area contributed by atoms with Crippen LogP contribution in [-0.4, -0.2) is 21.8 Å². The van der Waals surface area contributed by atoms with Crippen molar-refractivity contribution in [1.29, 1.82) is 0 Å². The van der Waals surface area contributed by atoms with Gasteiger partial charge in [-0.25, -0.2) is 9.67 Å². The van der Waals surface area contributed by atoms with Crippen LogP contribution in [0.25, 0.3) is 16.7 Å². The van der Waals surface area contributed by atoms with E-state index in [1.54, 1.807) is 0 Å². The number of benzene rings is 1. The average Bonchev–Trinajstić information content (AvgIpc) is 2.83. The van der Waals surface area contributed by atoms with E-state index in [1.807, 2.05) is 36.3 Å². The highest BCUT2D eigenvalue weighted by Crippen LogP contribution is 2.19. The minimum atomic E-state index is 0.827. The molecule has 1 N–H and O–H groups in total. The van der Waals surface area contributed by atoms with E-state index in [-0.39, 0.29) is 0 Å². The molecular formula is C15H16N4. The van der Waals surface area contributed by atoms with Gasteiger partial charge in [0.2, 0.25) is 0 Å². The SMILES string of the molecule is CNCc1cnc(-n2ncc3ccccc32)c(C)c1. The second-order valence-electron chi connectivity index (χ2n) is 4.63. The van der Waals surface area contributed by atoms with E-state index < -0.39 is 0 Å². The molecule has 0 unspecified atom stereocenters. The van der Waals surface area contributed by atoms with Crippen molar-refractivity contribution in [2.45, 2.75) is 13.5 Å². The largest absolute Gasteiger partial charge is 0.316 e. The zero-order valence-electron chi connectivity index (χ0n) is 11.1. The van der Waals surface area contributed by atoms with Gasteiger partial charge in [-0.1, -0.05) is 18.2 Å². The molecule has 0 aliphatic rings. The molecule has 1 aromatic carbocycles. The van der Waals surface area contributed by atoms with Gasteiger partial charge in [-0.15, -0.1) is 0 Å². The van der Waals surface area contributed by atoms with E-state index in [2.05, 4.69) is 40.5 Å². The number of nitrogens with zero attached hydrogens (tertiary/aromatic N) is 3. The zero-order chi connectivity index (χ0) is 13.2. The first-order valence-corrected chi connectivity index (χ1v) is 6.33. The van der Waals surface area contributed by atoms with Crippen molar-refractivity contribution in [3.8, 4) is 5.82 Å². The van der Waals surface area contributed by atoms with Crippen molar-refractivity contribution >= 4 is 10.9 Å². The first-order valence-electron chi connectivity index (χ1n) is 6.33. The molecule has 0 atom stereocenters. The summed E-state index contributed by atoms with van der Waals surface area (Å²) in [5.41, 5.74) is 3.39. The van der Waals surface area contributed by atoms with Gasteiger partial charge < -0.3 is 5.32 Å². The molecule has 0 saturated carbocycles. The summed E-state index contributed by atoms with van der Waals surface area (Å²) in [6.45, 7) is 2.89. The highest BCUT2D eigenvalue weighted by Gasteiger charge is 2.08. The Hall–Kier alpha value is -2.20. The average molecular weight is 252 g/mol. The Labute approximate surface area is 112 Å². The van der Waals surface area contributed by atoms with Crippen LogP contribution in [0.15, 0.2) is 42.7 Å². The van der Waals surface area contributed by atoms with Crippen LogP contribution in [0, 0.1) is 6.92 Å². The van der Waals surface area contributed by atoms with E-state index in [0.29, 0.717) is 0 Å². The highest BCUT2D eigenvalue weighted by molar-refractivity contribution is 5.79. The highest BCUT2D eigenvalue weighted by atomic mass is 15.3. The lowest BCUT2D eigenvalue weighted by Gasteiger charge is -2.08. The van der Waals surface area contributed by atoms with Crippen molar-refractivity contribution < 1.29 is 0 Å². The van der Waals surface area contributed by atoms with Gasteiger partial charge in [0, 0.05) is 18.1 Å². The van der Waals surface area contributed by atoms with Gasteiger partial charge in [0.1, 0.15) is 0 Å². The summed E-state index contributed by atoms with van der Waals surface area (Å²) < 4.78 is 1.90. The molecule has 0 fully saturated rings. The molecule has 2 heterocycles. The van der Waals surface area contributed by atoms with Crippen LogP contribution in [0.5, 0.6) is 0 Å². The first kappa shape index (κ1) is 11.9. The van der Waals surface area contributed by atoms with Crippen molar-refractivity contribution in [2.75, 3.05) is 7.05 Å². The Morgan fingerprint density at radius 1 is 1.21 bits per heavy atom. The van der Waals surface area contributed by atoms with Gasteiger partial charge in [0.15, 0.2) is 5.82 Å². The lowest BCUT2D eigenvalue weighted by atomic mass is 10.2. The molecule has 0 radical (unpaired) electrons. The second-order valence-corrected chi connectivity index (χ2v) is 4.63. The Morgan fingerprint density at radius 3 is 2.84 bits per heavy atom. The Bertz CT molecular complexity index is 715. The maximum atomic E-state index is 4.55. The van der Waals surface area contributed by atoms with Crippen molar-refractivity contribution in [2.24, 2.45) is 0 Å². The van der Waals surface area contributed by atoms with Gasteiger partial charge in [-0.05, 0) is 37.2 Å². The first-order chi connectivity index (χ1) is 9.29. The molecule has 0 bridgehead atoms. The van der Waals surface area contributed by atoms with Gasteiger partial charge in [-0.2, -0.15) is 5.10 Å². The number of hydrogen-bond acceptors (Lipinski definition) is 3. The number of rotatable bonds is 3. The molecule has 0 aliphatic heterocycles. The molecule has 3 rings (SSSR count). The predicted molar refractivity (Wildman–Crippen MR) is 76.4 cm³/mol. The Balaban J connectivity index is 2.11. The van der Waals surface area contributed by atoms with Crippen molar-refractivity contribution in [1.82, 2.24) is 20.1 Å². The lowest BCUT2D eigenvalue weighted by molar-refractivity contribution is 0.802. The summed E-state index contributed by atoms with van der Waals surface area (Å²) in [6.07, 6.45) is 3.77. The number of aryl methyl sites for hydroxylation is 1. The molecule has 2 aromatic heterocycles. The molecule has 0 aliphatic carbocycles. The van der Waals surface area contributed by atoms with Gasteiger partial charge in [0.05, 0.1) is 11.7 Å². The van der Waals surface area contributed by atoms with Gasteiger partial charge in [-0.3, -0.25) is 0 Å². The molecule has 0 spiro atoms. The fourth-order valence-corrected chi connectivity index (χ4v) is 2.29. The third kappa shape index (κ3) is 2.11. The fraction of sp³-hybridized carbons (Fsp3) is 0.200. The molecule has 3 aromatic rings. The van der Waals surface area contributed by atoms with E-state index in [0.717, 1.165) is 28.8 Å². The maximum Gasteiger partial charge on any atom is 0.156 e. The minimum Gasteiger partial charge on any atom is -0.316 e. The summed E-state index contributed by atoms with van der Waals surface area (Å²) in [5.74, 6) is 0.890. The normalized spacial score (nSPS) is 11.1. The molecule has 19 heavy (non-hydrogen) atoms. The van der Waals surface area contributed by atoms with Crippen LogP contribution in [0.2, 0.25) is 0 Å². The fourth-order valence-electron chi connectivity index (χ4n) is 2.29. The Kier molecular flexibility index (Phi) is 3.01. The smallest absolute Gasteiger partial charge is 0.156 e. The van der Waals surface area contributed by atoms with Crippen molar-refractivity contribution in [3.63, 3.8) is 0 Å². The number of pyridine rings is 1. The summed E-state index contributed by atoms with van der Waals surface area (Å²) in [7, 11) is 1.93. The number of fused-ring (bicyclic) bond motifs is 1. The molecule has 0 saturated heterocycles. The number of hydrogen-bond donors (Lipinski definition) is 1. The van der Waals surface area contributed by atoms with E-state index >= 15 is 0 Å². The van der Waals surface area contributed by atoms with Gasteiger partial charge >= 0.3 is 0 Å². The molecular weight excluding hydrogens is 236 g/mol. The summed E-state index contributed by atoms with van der Waals surface area (Å²) in [5, 5.41) is 8.70. The summed E-state index contributed by atoms with van der Waals surface area (Å²) in [4.78, 5) is 4.55. The third-order valence-electron chi connectivity index (χ3n) is 3.17. The van der Waals surface area contributed by atoms with E-state index in [9.17, 15) is 0 Å². The van der Waals surface area contributed by atoms with Crippen LogP contribution < -0.4 is 5.32 Å². The predicted octanol–water partition coefficient (Wildman–Crippen LogP) is 2.45. The topological polar surface area (TPSA) is 42.7 Å². The molecule has 4 heteroatoms. The maximum absolute atomic E-state index is 4.55. The molecule has 4 nitrogen and oxygen atoms in total. The molecule has 0 amide bonds. The van der Waals surface area contributed by atoms with Crippen LogP contribution in [-0.2, 0) is 6.54 Å². The zero-order valence-corrected chi connectivity index (χ0v) is 11.1. The number of nitrogens with one attached hydrogen (secondary N) is 1. The van der Waals surface area contributed by atoms with Crippen molar-refractivity contribution in [3.05, 3.63) is 53.9 Å². The van der Waals surface area contributed by atoms with Crippen LogP contribution >= 0.6 is 0 Å². The second kappa shape index (κ2) is 4.82. The summed E-state index contributed by atoms with van der Waals surface area (Å²) in [6, 6.07) is 10.3. The standard InChI is InChI=1S/C15H16N4/c1-11-7-12(8-16-2)9-17-15(11)19-14-6-4-3-5-13(14)10-18-19/h3-7,9-10,16H,8H2,1-2H3. The van der Waals surface area contributed by atoms with Crippen LogP contribution in [0.1, 0.15) is 11.1 Å². The summed E-state index contributed by atoms with van der Waals surface area (Å²) >= 11 is 0. The monoisotopic (exact) mass is 252 g/mol. The molecule has 96 valence electrons. The minimum absolute atomic E-state index is 0.827. The van der Waals surface area contributed by atoms with Gasteiger partial charge in [0.25, 0.3) is 0 Å². The number of aromatic nitrogens is 3. The van der Waals surface area contributed by atoms with Crippen LogP contribution in [0.4, 0.5) is 0 Å². The lowest BCUT2D eigenvalue weighted by Crippen LogP contribution is -2.08. The third-order valence-corrected chi connectivity index (χ3v) is 3.17. The van der Waals surface area contributed by atoms with E-state index in [4.69, 9.17) is 0 Å².